The molecular weight excluding hydrogens is 472 g/mol. The second-order valence-electron chi connectivity index (χ2n) is 7.03. The van der Waals surface area contributed by atoms with Crippen molar-refractivity contribution >= 4 is 17.9 Å². The zero-order valence-corrected chi connectivity index (χ0v) is 19.8. The zero-order valence-electron chi connectivity index (χ0n) is 19.8. The lowest BCUT2D eigenvalue weighted by atomic mass is 10.1. The van der Waals surface area contributed by atoms with Crippen LogP contribution in [0.15, 0.2) is 46.1 Å². The molecule has 0 aliphatic heterocycles. The van der Waals surface area contributed by atoms with Crippen molar-refractivity contribution in [2.75, 3.05) is 34.2 Å². The molecule has 36 heavy (non-hydrogen) atoms. The van der Waals surface area contributed by atoms with Crippen LogP contribution < -0.4 is 30.1 Å². The molecule has 2 aromatic heterocycles. The Balaban J connectivity index is 1.69. The van der Waals surface area contributed by atoms with E-state index in [0.29, 0.717) is 34.1 Å². The first-order valence-corrected chi connectivity index (χ1v) is 10.3. The Labute approximate surface area is 204 Å². The maximum absolute atomic E-state index is 13.1. The van der Waals surface area contributed by atoms with Gasteiger partial charge < -0.3 is 24.7 Å². The normalized spacial score (nSPS) is 10.9. The van der Waals surface area contributed by atoms with Crippen molar-refractivity contribution in [3.8, 4) is 40.1 Å². The fourth-order valence-electron chi connectivity index (χ4n) is 3.39. The van der Waals surface area contributed by atoms with Crippen molar-refractivity contribution in [3.05, 3.63) is 47.7 Å². The van der Waals surface area contributed by atoms with E-state index in [-0.39, 0.29) is 23.0 Å². The molecule has 4 rings (SSSR count). The molecule has 2 heterocycles. The summed E-state index contributed by atoms with van der Waals surface area (Å²) in [4.78, 5) is 13.1. The molecule has 0 radical (unpaired) electrons. The zero-order chi connectivity index (χ0) is 25.7. The summed E-state index contributed by atoms with van der Waals surface area (Å²) < 4.78 is 27.3. The summed E-state index contributed by atoms with van der Waals surface area (Å²) in [5, 5.41) is 19.4. The lowest BCUT2D eigenvalue weighted by Gasteiger charge is -2.13. The maximum atomic E-state index is 13.1. The number of hydrogen-bond donors (Lipinski definition) is 2. The molecule has 0 bridgehead atoms. The number of carbonyl (C=O) groups excluding carboxylic acids is 1. The largest absolute Gasteiger partial charge is 0.497 e. The van der Waals surface area contributed by atoms with Crippen LogP contribution in [0.25, 0.3) is 17.1 Å². The maximum Gasteiger partial charge on any atom is 0.294 e. The number of nitrogen functional groups attached to an aromatic ring is 1. The fourth-order valence-corrected chi connectivity index (χ4v) is 3.39. The van der Waals surface area contributed by atoms with Crippen LogP contribution in [0.5, 0.6) is 23.0 Å². The first-order valence-electron chi connectivity index (χ1n) is 10.3. The van der Waals surface area contributed by atoms with Crippen molar-refractivity contribution in [3.63, 3.8) is 0 Å². The molecule has 0 saturated carbocycles. The van der Waals surface area contributed by atoms with Gasteiger partial charge in [0, 0.05) is 11.1 Å². The highest BCUT2D eigenvalue weighted by molar-refractivity contribution is 5.99. The van der Waals surface area contributed by atoms with Gasteiger partial charge >= 0.3 is 0 Å². The molecule has 2 aromatic carbocycles. The van der Waals surface area contributed by atoms with E-state index in [1.807, 2.05) is 0 Å². The molecule has 0 unspecified atom stereocenters. The van der Waals surface area contributed by atoms with Crippen LogP contribution in [0.2, 0.25) is 0 Å². The number of nitrogens with one attached hydrogen (secondary N) is 1. The van der Waals surface area contributed by atoms with Gasteiger partial charge in [-0.3, -0.25) is 4.79 Å². The Morgan fingerprint density at radius 3 is 2.53 bits per heavy atom. The molecule has 0 atom stereocenters. The lowest BCUT2D eigenvalue weighted by molar-refractivity contribution is 0.0950. The number of benzene rings is 2. The van der Waals surface area contributed by atoms with Gasteiger partial charge in [-0.2, -0.15) is 9.78 Å². The number of anilines is 1. The van der Waals surface area contributed by atoms with Crippen molar-refractivity contribution in [2.24, 2.45) is 5.10 Å². The fraction of sp³-hybridized carbons (Fsp3) is 0.182. The van der Waals surface area contributed by atoms with E-state index in [1.54, 1.807) is 36.4 Å². The van der Waals surface area contributed by atoms with E-state index >= 15 is 0 Å². The second kappa shape index (κ2) is 10.4. The van der Waals surface area contributed by atoms with E-state index in [0.717, 1.165) is 0 Å². The number of nitrogens with two attached hydrogens (primary N) is 1. The van der Waals surface area contributed by atoms with Gasteiger partial charge in [0.25, 0.3) is 5.91 Å². The summed E-state index contributed by atoms with van der Waals surface area (Å²) in [5.74, 6) is 1.19. The van der Waals surface area contributed by atoms with Crippen molar-refractivity contribution in [1.82, 2.24) is 30.7 Å². The first-order chi connectivity index (χ1) is 17.5. The topological polar surface area (TPSA) is 174 Å². The average molecular weight is 494 g/mol. The quantitative estimate of drug-likeness (QED) is 0.256. The van der Waals surface area contributed by atoms with Crippen LogP contribution >= 0.6 is 0 Å². The molecular formula is C22H22N8O6. The molecule has 0 fully saturated rings. The van der Waals surface area contributed by atoms with Crippen LogP contribution in [0, 0.1) is 0 Å². The molecule has 3 N–H and O–H groups in total. The third-order valence-electron chi connectivity index (χ3n) is 5.03. The van der Waals surface area contributed by atoms with E-state index in [4.69, 9.17) is 24.7 Å². The number of methoxy groups -OCH3 is 4. The molecule has 0 aliphatic carbocycles. The molecule has 14 heteroatoms. The molecule has 14 nitrogen and oxygen atoms in total. The Bertz CT molecular complexity index is 1410. The molecule has 1 amide bonds. The van der Waals surface area contributed by atoms with Crippen LogP contribution in [-0.4, -0.2) is 65.9 Å². The standard InChI is InChI=1S/C22H22N8O6/c1-32-14-7-5-6-12(10-14)17-16(25-29-30(17)21-20(23)27-36-28-21)22(31)26-24-11-13-8-9-15(33-2)19(35-4)18(13)34-3/h5-11H,1-4H3,(H2,23,27)(H,26,31)/b24-11-. The number of hydrazone groups is 1. The lowest BCUT2D eigenvalue weighted by Crippen LogP contribution is -2.19. The van der Waals surface area contributed by atoms with E-state index in [2.05, 4.69) is 35.8 Å². The Morgan fingerprint density at radius 2 is 1.86 bits per heavy atom. The minimum Gasteiger partial charge on any atom is -0.497 e. The highest BCUT2D eigenvalue weighted by atomic mass is 16.6. The van der Waals surface area contributed by atoms with Gasteiger partial charge in [-0.1, -0.05) is 17.3 Å². The number of rotatable bonds is 9. The summed E-state index contributed by atoms with van der Waals surface area (Å²) in [6, 6.07) is 10.3. The third-order valence-corrected chi connectivity index (χ3v) is 5.03. The van der Waals surface area contributed by atoms with Crippen molar-refractivity contribution < 1.29 is 28.4 Å². The molecule has 0 aliphatic rings. The van der Waals surface area contributed by atoms with Gasteiger partial charge in [-0.25, -0.2) is 10.1 Å². The smallest absolute Gasteiger partial charge is 0.294 e. The SMILES string of the molecule is COc1cccc(-c2c(C(=O)N/N=C\c3ccc(OC)c(OC)c3OC)nnn2-c2nonc2N)c1. The Kier molecular flexibility index (Phi) is 6.95. The van der Waals surface area contributed by atoms with Gasteiger partial charge in [0.15, 0.2) is 17.2 Å². The summed E-state index contributed by atoms with van der Waals surface area (Å²) in [6.45, 7) is 0. The van der Waals surface area contributed by atoms with E-state index < -0.39 is 5.91 Å². The van der Waals surface area contributed by atoms with Gasteiger partial charge in [-0.05, 0) is 34.6 Å². The molecule has 4 aromatic rings. The van der Waals surface area contributed by atoms with Gasteiger partial charge in [0.2, 0.25) is 17.4 Å². The van der Waals surface area contributed by atoms with Crippen LogP contribution in [0.1, 0.15) is 16.1 Å². The first kappa shape index (κ1) is 24.0. The number of carbonyl (C=O) groups is 1. The van der Waals surface area contributed by atoms with Crippen LogP contribution in [-0.2, 0) is 0 Å². The highest BCUT2D eigenvalue weighted by Gasteiger charge is 2.25. The number of amides is 1. The van der Waals surface area contributed by atoms with E-state index in [1.165, 1.54) is 39.3 Å². The average Bonchev–Trinajstić information content (AvgIpc) is 3.54. The van der Waals surface area contributed by atoms with Crippen LogP contribution in [0.4, 0.5) is 5.82 Å². The summed E-state index contributed by atoms with van der Waals surface area (Å²) in [5.41, 5.74) is 9.59. The van der Waals surface area contributed by atoms with Crippen molar-refractivity contribution in [2.45, 2.75) is 0 Å². The van der Waals surface area contributed by atoms with Gasteiger partial charge in [-0.15, -0.1) is 5.10 Å². The molecule has 0 spiro atoms. The Hall–Kier alpha value is -5.14. The Morgan fingerprint density at radius 1 is 1.06 bits per heavy atom. The minimum absolute atomic E-state index is 0.0328. The molecule has 0 saturated heterocycles. The number of aromatic nitrogens is 5. The van der Waals surface area contributed by atoms with Gasteiger partial charge in [0.05, 0.1) is 34.7 Å². The predicted octanol–water partition coefficient (Wildman–Crippen LogP) is 1.70. The van der Waals surface area contributed by atoms with E-state index in [9.17, 15) is 4.79 Å². The number of ether oxygens (including phenoxy) is 4. The number of nitrogens with zero attached hydrogens (tertiary/aromatic N) is 6. The van der Waals surface area contributed by atoms with Crippen LogP contribution in [0.3, 0.4) is 0 Å². The van der Waals surface area contributed by atoms with Gasteiger partial charge in [0.1, 0.15) is 11.4 Å². The highest BCUT2D eigenvalue weighted by Crippen LogP contribution is 2.39. The van der Waals surface area contributed by atoms with Crippen molar-refractivity contribution in [1.29, 1.82) is 0 Å². The number of hydrogen-bond acceptors (Lipinski definition) is 12. The summed E-state index contributed by atoms with van der Waals surface area (Å²) in [7, 11) is 6.01. The summed E-state index contributed by atoms with van der Waals surface area (Å²) >= 11 is 0. The predicted molar refractivity (Wildman–Crippen MR) is 127 cm³/mol. The monoisotopic (exact) mass is 494 g/mol. The minimum atomic E-state index is -0.648. The third kappa shape index (κ3) is 4.46. The molecule has 186 valence electrons. The summed E-state index contributed by atoms with van der Waals surface area (Å²) in [6.07, 6.45) is 1.40. The second-order valence-corrected chi connectivity index (χ2v) is 7.03.